The van der Waals surface area contributed by atoms with Gasteiger partial charge in [-0.15, -0.1) is 0 Å². The van der Waals surface area contributed by atoms with Gasteiger partial charge in [0.15, 0.2) is 0 Å². The quantitative estimate of drug-likeness (QED) is 0.692. The lowest BCUT2D eigenvalue weighted by Gasteiger charge is -2.39. The van der Waals surface area contributed by atoms with Crippen LogP contribution in [-0.4, -0.2) is 38.6 Å². The van der Waals surface area contributed by atoms with Gasteiger partial charge in [-0.05, 0) is 32.1 Å². The van der Waals surface area contributed by atoms with E-state index in [1.165, 1.54) is 6.42 Å². The predicted octanol–water partition coefficient (Wildman–Crippen LogP) is 1.75. The third-order valence-corrected chi connectivity index (χ3v) is 3.55. The molecule has 3 nitrogen and oxygen atoms in total. The SMILES string of the molecule is COC[C@]12CCC[C@](COC)(CC1)O2. The Kier molecular flexibility index (Phi) is 2.82. The molecule has 0 saturated carbocycles. The molecule has 0 aromatic rings. The molecule has 0 aromatic carbocycles. The van der Waals surface area contributed by atoms with E-state index in [1.807, 2.05) is 0 Å². The van der Waals surface area contributed by atoms with E-state index in [-0.39, 0.29) is 11.2 Å². The van der Waals surface area contributed by atoms with Gasteiger partial charge in [-0.1, -0.05) is 0 Å². The van der Waals surface area contributed by atoms with Crippen molar-refractivity contribution in [3.63, 3.8) is 0 Å². The highest BCUT2D eigenvalue weighted by molar-refractivity contribution is 5.01. The summed E-state index contributed by atoms with van der Waals surface area (Å²) in [6.45, 7) is 1.47. The molecule has 0 radical (unpaired) electrons. The van der Waals surface area contributed by atoms with Crippen LogP contribution in [0.4, 0.5) is 0 Å². The van der Waals surface area contributed by atoms with Crippen molar-refractivity contribution in [2.24, 2.45) is 0 Å². The maximum atomic E-state index is 6.20. The van der Waals surface area contributed by atoms with E-state index in [0.717, 1.165) is 38.9 Å². The van der Waals surface area contributed by atoms with Gasteiger partial charge < -0.3 is 14.2 Å². The molecule has 2 aliphatic rings. The number of methoxy groups -OCH3 is 2. The lowest BCUT2D eigenvalue weighted by molar-refractivity contribution is -0.178. The molecular weight excluding hydrogens is 180 g/mol. The van der Waals surface area contributed by atoms with Crippen LogP contribution >= 0.6 is 0 Å². The molecule has 2 aliphatic heterocycles. The molecule has 2 fully saturated rings. The van der Waals surface area contributed by atoms with Crippen LogP contribution in [0.25, 0.3) is 0 Å². The van der Waals surface area contributed by atoms with Gasteiger partial charge in [-0.25, -0.2) is 0 Å². The summed E-state index contributed by atoms with van der Waals surface area (Å²) < 4.78 is 16.7. The van der Waals surface area contributed by atoms with E-state index >= 15 is 0 Å². The Bertz CT molecular complexity index is 179. The van der Waals surface area contributed by atoms with Crippen LogP contribution in [0.15, 0.2) is 0 Å². The minimum atomic E-state index is 0.00549. The summed E-state index contributed by atoms with van der Waals surface area (Å²) >= 11 is 0. The lowest BCUT2D eigenvalue weighted by atomic mass is 9.93. The average molecular weight is 200 g/mol. The second-order valence-electron chi connectivity index (χ2n) is 4.69. The largest absolute Gasteiger partial charge is 0.382 e. The van der Waals surface area contributed by atoms with Crippen molar-refractivity contribution in [1.29, 1.82) is 0 Å². The van der Waals surface area contributed by atoms with Gasteiger partial charge in [0, 0.05) is 14.2 Å². The second-order valence-corrected chi connectivity index (χ2v) is 4.69. The van der Waals surface area contributed by atoms with Gasteiger partial charge in [0.05, 0.1) is 24.4 Å². The summed E-state index contributed by atoms with van der Waals surface area (Å²) in [4.78, 5) is 0. The number of hydrogen-bond donors (Lipinski definition) is 0. The molecule has 2 atom stereocenters. The molecule has 0 N–H and O–H groups in total. The minimum absolute atomic E-state index is 0.00549. The Hall–Kier alpha value is -0.120. The molecular formula is C11H20O3. The topological polar surface area (TPSA) is 27.7 Å². The molecule has 2 heterocycles. The third kappa shape index (κ3) is 1.69. The maximum Gasteiger partial charge on any atom is 0.0924 e. The number of hydrogen-bond acceptors (Lipinski definition) is 3. The Labute approximate surface area is 85.7 Å². The summed E-state index contributed by atoms with van der Waals surface area (Å²) in [6.07, 6.45) is 5.79. The zero-order valence-electron chi connectivity index (χ0n) is 9.17. The zero-order chi connectivity index (χ0) is 10.1. The van der Waals surface area contributed by atoms with Gasteiger partial charge in [-0.3, -0.25) is 0 Å². The molecule has 2 rings (SSSR count). The summed E-state index contributed by atoms with van der Waals surface area (Å²) in [5, 5.41) is 0. The monoisotopic (exact) mass is 200 g/mol. The molecule has 3 heteroatoms. The third-order valence-electron chi connectivity index (χ3n) is 3.55. The van der Waals surface area contributed by atoms with Gasteiger partial charge in [-0.2, -0.15) is 0 Å². The minimum Gasteiger partial charge on any atom is -0.382 e. The normalized spacial score (nSPS) is 41.6. The van der Waals surface area contributed by atoms with E-state index in [4.69, 9.17) is 14.2 Å². The number of rotatable bonds is 4. The molecule has 2 saturated heterocycles. The summed E-state index contributed by atoms with van der Waals surface area (Å²) in [7, 11) is 3.51. The Balaban J connectivity index is 2.05. The van der Waals surface area contributed by atoms with Crippen LogP contribution in [0.1, 0.15) is 32.1 Å². The fourth-order valence-corrected chi connectivity index (χ4v) is 2.98. The molecule has 0 amide bonds. The Morgan fingerprint density at radius 2 is 1.43 bits per heavy atom. The Morgan fingerprint density at radius 1 is 0.929 bits per heavy atom. The van der Waals surface area contributed by atoms with Crippen molar-refractivity contribution in [1.82, 2.24) is 0 Å². The first kappa shape index (κ1) is 10.4. The van der Waals surface area contributed by atoms with Crippen LogP contribution in [0, 0.1) is 0 Å². The molecule has 14 heavy (non-hydrogen) atoms. The van der Waals surface area contributed by atoms with E-state index in [2.05, 4.69) is 0 Å². The number of ether oxygens (including phenoxy) is 3. The van der Waals surface area contributed by atoms with Crippen molar-refractivity contribution in [3.05, 3.63) is 0 Å². The lowest BCUT2D eigenvalue weighted by Crippen LogP contribution is -2.45. The summed E-state index contributed by atoms with van der Waals surface area (Å²) in [5.74, 6) is 0. The average Bonchev–Trinajstić information content (AvgIpc) is 2.40. The van der Waals surface area contributed by atoms with Crippen LogP contribution in [0.2, 0.25) is 0 Å². The molecule has 2 bridgehead atoms. The highest BCUT2D eigenvalue weighted by atomic mass is 16.6. The van der Waals surface area contributed by atoms with Gasteiger partial charge in [0.2, 0.25) is 0 Å². The first-order valence-electron chi connectivity index (χ1n) is 5.42. The maximum absolute atomic E-state index is 6.20. The van der Waals surface area contributed by atoms with Crippen molar-refractivity contribution in [3.8, 4) is 0 Å². The van der Waals surface area contributed by atoms with Gasteiger partial charge >= 0.3 is 0 Å². The fourth-order valence-electron chi connectivity index (χ4n) is 2.98. The second kappa shape index (κ2) is 3.80. The first-order valence-corrected chi connectivity index (χ1v) is 5.42. The van der Waals surface area contributed by atoms with Crippen molar-refractivity contribution in [2.45, 2.75) is 43.3 Å². The zero-order valence-corrected chi connectivity index (χ0v) is 9.17. The molecule has 0 spiro atoms. The Morgan fingerprint density at radius 3 is 1.86 bits per heavy atom. The van der Waals surface area contributed by atoms with E-state index in [9.17, 15) is 0 Å². The standard InChI is InChI=1S/C11H20O3/c1-12-8-10-4-3-5-11(14-10,7-6-10)9-13-2/h3-9H2,1-2H3/t10-,11+. The highest BCUT2D eigenvalue weighted by Gasteiger charge is 2.52. The van der Waals surface area contributed by atoms with E-state index in [0.29, 0.717) is 0 Å². The van der Waals surface area contributed by atoms with Crippen molar-refractivity contribution >= 4 is 0 Å². The smallest absolute Gasteiger partial charge is 0.0924 e. The van der Waals surface area contributed by atoms with Crippen LogP contribution < -0.4 is 0 Å². The number of fused-ring (bicyclic) bond motifs is 2. The van der Waals surface area contributed by atoms with E-state index < -0.39 is 0 Å². The molecule has 0 aromatic heterocycles. The molecule has 82 valence electrons. The predicted molar refractivity (Wildman–Crippen MR) is 53.4 cm³/mol. The molecule has 0 aliphatic carbocycles. The molecule has 0 unspecified atom stereocenters. The first-order chi connectivity index (χ1) is 6.74. The van der Waals surface area contributed by atoms with Crippen LogP contribution in [0.3, 0.4) is 0 Å². The highest BCUT2D eigenvalue weighted by Crippen LogP contribution is 2.48. The van der Waals surface area contributed by atoms with Crippen molar-refractivity contribution in [2.75, 3.05) is 27.4 Å². The van der Waals surface area contributed by atoms with Gasteiger partial charge in [0.1, 0.15) is 0 Å². The summed E-state index contributed by atoms with van der Waals surface area (Å²) in [6, 6.07) is 0. The van der Waals surface area contributed by atoms with E-state index in [1.54, 1.807) is 14.2 Å². The van der Waals surface area contributed by atoms with Crippen molar-refractivity contribution < 1.29 is 14.2 Å². The van der Waals surface area contributed by atoms with Crippen LogP contribution in [0.5, 0.6) is 0 Å². The fraction of sp³-hybridized carbons (Fsp3) is 1.00. The summed E-state index contributed by atoms with van der Waals surface area (Å²) in [5.41, 5.74) is 0.0110. The van der Waals surface area contributed by atoms with Gasteiger partial charge in [0.25, 0.3) is 0 Å². The van der Waals surface area contributed by atoms with Crippen LogP contribution in [-0.2, 0) is 14.2 Å².